The standard InChI is InChI=1S/C12H11F2N3O5S/c1-17-10(11(13)14)7(5-15-17)16-23(21,22)9-4-6(12(19)20)2-3-8(9)18/h2-5,11,16,18H,1H3,(H,19,20). The Balaban J connectivity index is 2.48. The van der Waals surface area contributed by atoms with Gasteiger partial charge in [-0.15, -0.1) is 0 Å². The molecule has 0 aliphatic rings. The molecule has 0 aliphatic carbocycles. The van der Waals surface area contributed by atoms with Gasteiger partial charge in [0.05, 0.1) is 17.4 Å². The SMILES string of the molecule is Cn1ncc(NS(=O)(=O)c2cc(C(=O)O)ccc2O)c1C(F)F. The Morgan fingerprint density at radius 2 is 2.04 bits per heavy atom. The molecule has 8 nitrogen and oxygen atoms in total. The normalized spacial score (nSPS) is 11.7. The second-order valence-corrected chi connectivity index (χ2v) is 6.11. The third kappa shape index (κ3) is 3.23. The first kappa shape index (κ1) is 16.7. The monoisotopic (exact) mass is 347 g/mol. The predicted octanol–water partition coefficient (Wildman–Crippen LogP) is 1.56. The summed E-state index contributed by atoms with van der Waals surface area (Å²) in [6.07, 6.45) is -2.10. The molecule has 0 bridgehead atoms. The molecule has 2 rings (SSSR count). The summed E-state index contributed by atoms with van der Waals surface area (Å²) in [6, 6.07) is 2.61. The summed E-state index contributed by atoms with van der Waals surface area (Å²) in [5.41, 5.74) is -1.52. The summed E-state index contributed by atoms with van der Waals surface area (Å²) in [4.78, 5) is 10.1. The van der Waals surface area contributed by atoms with Crippen LogP contribution in [0.1, 0.15) is 22.5 Å². The van der Waals surface area contributed by atoms with Crippen LogP contribution < -0.4 is 4.72 Å². The molecule has 0 unspecified atom stereocenters. The largest absolute Gasteiger partial charge is 0.507 e. The van der Waals surface area contributed by atoms with Crippen LogP contribution >= 0.6 is 0 Å². The maximum absolute atomic E-state index is 12.9. The minimum absolute atomic E-state index is 0.386. The third-order valence-corrected chi connectivity index (χ3v) is 4.33. The third-order valence-electron chi connectivity index (χ3n) is 2.93. The number of aryl methyl sites for hydroxylation is 1. The van der Waals surface area contributed by atoms with Gasteiger partial charge in [0, 0.05) is 7.05 Å². The highest BCUT2D eigenvalue weighted by molar-refractivity contribution is 7.92. The van der Waals surface area contributed by atoms with Crippen molar-refractivity contribution in [1.29, 1.82) is 0 Å². The number of rotatable bonds is 5. The summed E-state index contributed by atoms with van der Waals surface area (Å²) in [5.74, 6) is -2.12. The van der Waals surface area contributed by atoms with Crippen LogP contribution in [0.2, 0.25) is 0 Å². The van der Waals surface area contributed by atoms with Crippen molar-refractivity contribution in [2.45, 2.75) is 11.3 Å². The number of carboxylic acids is 1. The van der Waals surface area contributed by atoms with Gasteiger partial charge in [0.1, 0.15) is 16.3 Å². The number of phenolic OH excluding ortho intramolecular Hbond substituents is 1. The highest BCUT2D eigenvalue weighted by atomic mass is 32.2. The van der Waals surface area contributed by atoms with Gasteiger partial charge in [-0.3, -0.25) is 9.40 Å². The molecule has 0 spiro atoms. The number of nitrogens with one attached hydrogen (secondary N) is 1. The van der Waals surface area contributed by atoms with Crippen LogP contribution in [0.15, 0.2) is 29.3 Å². The molecule has 2 aromatic rings. The molecular weight excluding hydrogens is 336 g/mol. The van der Waals surface area contributed by atoms with E-state index in [0.717, 1.165) is 29.1 Å². The van der Waals surface area contributed by atoms with E-state index in [2.05, 4.69) is 5.10 Å². The molecule has 0 amide bonds. The van der Waals surface area contributed by atoms with Crippen molar-refractivity contribution in [2.75, 3.05) is 4.72 Å². The predicted molar refractivity (Wildman–Crippen MR) is 74.0 cm³/mol. The average molecular weight is 347 g/mol. The van der Waals surface area contributed by atoms with Crippen molar-refractivity contribution in [1.82, 2.24) is 9.78 Å². The molecule has 124 valence electrons. The van der Waals surface area contributed by atoms with E-state index < -0.39 is 44.4 Å². The van der Waals surface area contributed by atoms with Crippen LogP contribution in [0.5, 0.6) is 5.75 Å². The van der Waals surface area contributed by atoms with Crippen LogP contribution in [0, 0.1) is 0 Å². The number of anilines is 1. The van der Waals surface area contributed by atoms with Crippen LogP contribution in [0.3, 0.4) is 0 Å². The van der Waals surface area contributed by atoms with E-state index in [4.69, 9.17) is 5.11 Å². The minimum Gasteiger partial charge on any atom is -0.507 e. The van der Waals surface area contributed by atoms with Crippen molar-refractivity contribution in [2.24, 2.45) is 7.05 Å². The zero-order valence-electron chi connectivity index (χ0n) is 11.6. The number of aromatic nitrogens is 2. The quantitative estimate of drug-likeness (QED) is 0.755. The van der Waals surface area contributed by atoms with Gasteiger partial charge in [-0.1, -0.05) is 0 Å². The Hall–Kier alpha value is -2.69. The molecular formula is C12H11F2N3O5S. The van der Waals surface area contributed by atoms with Gasteiger partial charge in [-0.05, 0) is 18.2 Å². The van der Waals surface area contributed by atoms with Crippen molar-refractivity contribution < 1.29 is 32.2 Å². The molecule has 11 heteroatoms. The molecule has 23 heavy (non-hydrogen) atoms. The molecule has 0 saturated carbocycles. The first-order valence-electron chi connectivity index (χ1n) is 6.02. The van der Waals surface area contributed by atoms with Crippen molar-refractivity contribution >= 4 is 21.7 Å². The van der Waals surface area contributed by atoms with E-state index in [1.54, 1.807) is 0 Å². The number of nitrogens with zero attached hydrogens (tertiary/aromatic N) is 2. The number of carbonyl (C=O) groups is 1. The number of benzene rings is 1. The molecule has 0 atom stereocenters. The van der Waals surface area contributed by atoms with Gasteiger partial charge in [0.25, 0.3) is 16.4 Å². The summed E-state index contributed by atoms with van der Waals surface area (Å²) in [7, 11) is -3.28. The molecule has 0 saturated heterocycles. The second kappa shape index (κ2) is 5.83. The summed E-state index contributed by atoms with van der Waals surface area (Å²) in [5, 5.41) is 22.0. The number of halogens is 2. The molecule has 3 N–H and O–H groups in total. The van der Waals surface area contributed by atoms with Gasteiger partial charge >= 0.3 is 5.97 Å². The maximum atomic E-state index is 12.9. The number of sulfonamides is 1. The Morgan fingerprint density at radius 3 is 2.61 bits per heavy atom. The van der Waals surface area contributed by atoms with E-state index >= 15 is 0 Å². The first-order valence-corrected chi connectivity index (χ1v) is 7.51. The maximum Gasteiger partial charge on any atom is 0.335 e. The number of phenols is 1. The van der Waals surface area contributed by atoms with E-state index in [1.165, 1.54) is 7.05 Å². The lowest BCUT2D eigenvalue weighted by Gasteiger charge is -2.11. The van der Waals surface area contributed by atoms with Gasteiger partial charge in [0.2, 0.25) is 0 Å². The molecule has 0 aliphatic heterocycles. The van der Waals surface area contributed by atoms with Gasteiger partial charge < -0.3 is 10.2 Å². The number of aromatic carboxylic acids is 1. The second-order valence-electron chi connectivity index (χ2n) is 4.46. The molecule has 1 heterocycles. The lowest BCUT2D eigenvalue weighted by atomic mass is 10.2. The minimum atomic E-state index is -4.49. The fourth-order valence-electron chi connectivity index (χ4n) is 1.85. The van der Waals surface area contributed by atoms with Crippen LogP contribution in [-0.4, -0.2) is 34.4 Å². The van der Waals surface area contributed by atoms with E-state index in [0.29, 0.717) is 0 Å². The summed E-state index contributed by atoms with van der Waals surface area (Å²) >= 11 is 0. The molecule has 1 aromatic carbocycles. The van der Waals surface area contributed by atoms with E-state index in [-0.39, 0.29) is 5.56 Å². The molecule has 0 fully saturated rings. The zero-order chi connectivity index (χ0) is 17.4. The average Bonchev–Trinajstić information content (AvgIpc) is 2.78. The zero-order valence-corrected chi connectivity index (χ0v) is 12.4. The fraction of sp³-hybridized carbons (Fsp3) is 0.167. The van der Waals surface area contributed by atoms with E-state index in [9.17, 15) is 27.1 Å². The van der Waals surface area contributed by atoms with Crippen molar-refractivity contribution in [3.05, 3.63) is 35.7 Å². The Morgan fingerprint density at radius 1 is 1.39 bits per heavy atom. The number of hydrogen-bond acceptors (Lipinski definition) is 5. The van der Waals surface area contributed by atoms with Gasteiger partial charge in [-0.2, -0.15) is 5.10 Å². The van der Waals surface area contributed by atoms with Crippen molar-refractivity contribution in [3.63, 3.8) is 0 Å². The Labute approximate surface area is 129 Å². The number of aromatic hydroxyl groups is 1. The lowest BCUT2D eigenvalue weighted by molar-refractivity contribution is 0.0696. The van der Waals surface area contributed by atoms with Gasteiger partial charge in [0.15, 0.2) is 0 Å². The van der Waals surface area contributed by atoms with Crippen LogP contribution in [0.4, 0.5) is 14.5 Å². The fourth-order valence-corrected chi connectivity index (χ4v) is 3.03. The van der Waals surface area contributed by atoms with E-state index in [1.807, 2.05) is 4.72 Å². The van der Waals surface area contributed by atoms with Crippen LogP contribution in [-0.2, 0) is 17.1 Å². The lowest BCUT2D eigenvalue weighted by Crippen LogP contribution is -2.15. The first-order chi connectivity index (χ1) is 10.6. The Kier molecular flexibility index (Phi) is 4.23. The summed E-state index contributed by atoms with van der Waals surface area (Å²) in [6.45, 7) is 0. The Bertz CT molecular complexity index is 864. The highest BCUT2D eigenvalue weighted by Gasteiger charge is 2.26. The topological polar surface area (TPSA) is 122 Å². The summed E-state index contributed by atoms with van der Waals surface area (Å²) < 4.78 is 53.0. The number of hydrogen-bond donors (Lipinski definition) is 3. The number of carboxylic acid groups (broad SMARTS) is 1. The van der Waals surface area contributed by atoms with Gasteiger partial charge in [-0.25, -0.2) is 22.0 Å². The molecule has 0 radical (unpaired) electrons. The number of alkyl halides is 2. The highest BCUT2D eigenvalue weighted by Crippen LogP contribution is 2.30. The van der Waals surface area contributed by atoms with Crippen LogP contribution in [0.25, 0.3) is 0 Å². The van der Waals surface area contributed by atoms with Crippen molar-refractivity contribution in [3.8, 4) is 5.75 Å². The molecule has 1 aromatic heterocycles. The smallest absolute Gasteiger partial charge is 0.335 e.